The van der Waals surface area contributed by atoms with Crippen LogP contribution in [0.2, 0.25) is 0 Å². The first-order valence-electron chi connectivity index (χ1n) is 2.70. The van der Waals surface area contributed by atoms with Crippen molar-refractivity contribution < 1.29 is 13.5 Å². The minimum absolute atomic E-state index is 0.0940. The summed E-state index contributed by atoms with van der Waals surface area (Å²) in [6, 6.07) is 1.27. The normalized spacial score (nSPS) is 11.5. The second kappa shape index (κ2) is 3.35. The third-order valence-electron chi connectivity index (χ3n) is 1.02. The second-order valence-corrected chi connectivity index (χ2v) is 5.56. The zero-order valence-electron chi connectivity index (χ0n) is 5.53. The van der Waals surface area contributed by atoms with Crippen LogP contribution in [0, 0.1) is 3.57 Å². The van der Waals surface area contributed by atoms with Gasteiger partial charge in [0, 0.05) is 10.7 Å². The van der Waals surface area contributed by atoms with Crippen molar-refractivity contribution in [3.8, 4) is 5.75 Å². The SMILES string of the molecule is O=S(=O)(Cl)c1ncc(O)cc1I. The highest BCUT2D eigenvalue weighted by Crippen LogP contribution is 2.22. The first-order valence-corrected chi connectivity index (χ1v) is 6.09. The van der Waals surface area contributed by atoms with Crippen LogP contribution in [0.4, 0.5) is 0 Å². The van der Waals surface area contributed by atoms with E-state index in [9.17, 15) is 8.42 Å². The molecule has 0 atom stereocenters. The predicted molar refractivity (Wildman–Crippen MR) is 51.7 cm³/mol. The Kier molecular flexibility index (Phi) is 2.79. The number of rotatable bonds is 1. The third-order valence-corrected chi connectivity index (χ3v) is 3.44. The highest BCUT2D eigenvalue weighted by molar-refractivity contribution is 14.1. The van der Waals surface area contributed by atoms with E-state index in [0.29, 0.717) is 3.57 Å². The van der Waals surface area contributed by atoms with Gasteiger partial charge in [0.25, 0.3) is 9.05 Å². The molecule has 0 radical (unpaired) electrons. The zero-order chi connectivity index (χ0) is 9.35. The van der Waals surface area contributed by atoms with Crippen molar-refractivity contribution in [3.05, 3.63) is 15.8 Å². The van der Waals surface area contributed by atoms with Crippen molar-refractivity contribution in [2.24, 2.45) is 0 Å². The van der Waals surface area contributed by atoms with Gasteiger partial charge in [-0.1, -0.05) is 0 Å². The Morgan fingerprint density at radius 2 is 2.17 bits per heavy atom. The van der Waals surface area contributed by atoms with Crippen LogP contribution in [0.3, 0.4) is 0 Å². The van der Waals surface area contributed by atoms with Gasteiger partial charge in [-0.3, -0.25) is 0 Å². The molecule has 0 bridgehead atoms. The average Bonchev–Trinajstić information content (AvgIpc) is 1.83. The Hall–Kier alpha value is -0.0800. The van der Waals surface area contributed by atoms with E-state index < -0.39 is 9.05 Å². The molecule has 12 heavy (non-hydrogen) atoms. The lowest BCUT2D eigenvalue weighted by Crippen LogP contribution is -1.97. The molecule has 0 aliphatic heterocycles. The maximum absolute atomic E-state index is 10.8. The molecule has 0 aliphatic rings. The summed E-state index contributed by atoms with van der Waals surface area (Å²) < 4.78 is 21.9. The van der Waals surface area contributed by atoms with Gasteiger partial charge < -0.3 is 5.11 Å². The van der Waals surface area contributed by atoms with Crippen LogP contribution in [0.1, 0.15) is 0 Å². The summed E-state index contributed by atoms with van der Waals surface area (Å²) >= 11 is 1.73. The second-order valence-electron chi connectivity index (χ2n) is 1.92. The molecule has 1 aromatic rings. The van der Waals surface area contributed by atoms with Crippen LogP contribution >= 0.6 is 33.3 Å². The Balaban J connectivity index is 3.39. The molecular weight excluding hydrogens is 316 g/mol. The molecule has 0 aromatic carbocycles. The maximum atomic E-state index is 10.8. The highest BCUT2D eigenvalue weighted by atomic mass is 127. The fourth-order valence-electron chi connectivity index (χ4n) is 0.595. The molecule has 1 N–H and O–H groups in total. The van der Waals surface area contributed by atoms with E-state index in [2.05, 4.69) is 4.98 Å². The van der Waals surface area contributed by atoms with E-state index >= 15 is 0 Å². The number of hydrogen-bond acceptors (Lipinski definition) is 4. The Morgan fingerprint density at radius 1 is 1.58 bits per heavy atom. The van der Waals surface area contributed by atoms with Crippen molar-refractivity contribution in [1.82, 2.24) is 4.98 Å². The van der Waals surface area contributed by atoms with Crippen LogP contribution in [0.15, 0.2) is 17.3 Å². The summed E-state index contributed by atoms with van der Waals surface area (Å²) in [6.07, 6.45) is 1.03. The Labute approximate surface area is 87.1 Å². The third kappa shape index (κ3) is 2.20. The van der Waals surface area contributed by atoms with Crippen LogP contribution in [-0.4, -0.2) is 18.5 Å². The van der Waals surface area contributed by atoms with Gasteiger partial charge in [0.05, 0.1) is 9.77 Å². The average molecular weight is 320 g/mol. The lowest BCUT2D eigenvalue weighted by Gasteiger charge is -1.98. The molecule has 0 saturated carbocycles. The number of halogens is 2. The highest BCUT2D eigenvalue weighted by Gasteiger charge is 2.16. The maximum Gasteiger partial charge on any atom is 0.279 e. The van der Waals surface area contributed by atoms with Crippen LogP contribution in [0.25, 0.3) is 0 Å². The standard InChI is InChI=1S/C5H3ClINO3S/c6-12(10,11)5-4(7)1-3(9)2-8-5/h1-2,9H. The molecule has 0 saturated heterocycles. The van der Waals surface area contributed by atoms with Crippen molar-refractivity contribution >= 4 is 42.3 Å². The van der Waals surface area contributed by atoms with Gasteiger partial charge >= 0.3 is 0 Å². The van der Waals surface area contributed by atoms with E-state index in [4.69, 9.17) is 15.8 Å². The molecule has 7 heteroatoms. The lowest BCUT2D eigenvalue weighted by molar-refractivity contribution is 0.470. The summed E-state index contributed by atoms with van der Waals surface area (Å²) in [5, 5.41) is 8.66. The molecule has 1 aromatic heterocycles. The van der Waals surface area contributed by atoms with Crippen molar-refractivity contribution in [2.75, 3.05) is 0 Å². The Morgan fingerprint density at radius 3 is 2.58 bits per heavy atom. The fourth-order valence-corrected chi connectivity index (χ4v) is 3.15. The topological polar surface area (TPSA) is 67.3 Å². The largest absolute Gasteiger partial charge is 0.506 e. The molecule has 4 nitrogen and oxygen atoms in total. The van der Waals surface area contributed by atoms with E-state index in [1.807, 2.05) is 0 Å². The number of nitrogens with zero attached hydrogens (tertiary/aromatic N) is 1. The molecular formula is C5H3ClINO3S. The number of hydrogen-bond donors (Lipinski definition) is 1. The number of pyridine rings is 1. The van der Waals surface area contributed by atoms with Crippen LogP contribution < -0.4 is 0 Å². The minimum Gasteiger partial charge on any atom is -0.506 e. The van der Waals surface area contributed by atoms with Crippen LogP contribution in [0.5, 0.6) is 5.75 Å². The molecule has 0 spiro atoms. The number of aromatic hydroxyl groups is 1. The predicted octanol–water partition coefficient (Wildman–Crippen LogP) is 1.32. The fraction of sp³-hybridized carbons (Fsp3) is 0. The summed E-state index contributed by atoms with van der Waals surface area (Å²) in [7, 11) is 1.23. The molecule has 0 aliphatic carbocycles. The first-order chi connectivity index (χ1) is 5.41. The summed E-state index contributed by atoms with van der Waals surface area (Å²) in [6.45, 7) is 0. The molecule has 0 unspecified atom stereocenters. The van der Waals surface area contributed by atoms with Gasteiger partial charge in [0.1, 0.15) is 5.75 Å². The lowest BCUT2D eigenvalue weighted by atomic mass is 10.5. The molecule has 1 rings (SSSR count). The Bertz CT molecular complexity index is 405. The smallest absolute Gasteiger partial charge is 0.279 e. The van der Waals surface area contributed by atoms with Gasteiger partial charge in [-0.15, -0.1) is 0 Å². The molecule has 0 amide bonds. The van der Waals surface area contributed by atoms with Gasteiger partial charge in [0.2, 0.25) is 0 Å². The van der Waals surface area contributed by atoms with E-state index in [1.165, 1.54) is 6.07 Å². The quantitative estimate of drug-likeness (QED) is 0.626. The summed E-state index contributed by atoms with van der Waals surface area (Å²) in [5.74, 6) is -0.0940. The molecule has 66 valence electrons. The van der Waals surface area contributed by atoms with Gasteiger partial charge in [-0.25, -0.2) is 13.4 Å². The van der Waals surface area contributed by atoms with Gasteiger partial charge in [-0.05, 0) is 28.7 Å². The van der Waals surface area contributed by atoms with Crippen LogP contribution in [-0.2, 0) is 9.05 Å². The number of aromatic nitrogens is 1. The van der Waals surface area contributed by atoms with Crippen molar-refractivity contribution in [3.63, 3.8) is 0 Å². The molecule has 1 heterocycles. The monoisotopic (exact) mass is 319 g/mol. The van der Waals surface area contributed by atoms with Gasteiger partial charge in [0.15, 0.2) is 5.03 Å². The summed E-state index contributed by atoms with van der Waals surface area (Å²) in [4.78, 5) is 3.47. The molecule has 0 fully saturated rings. The van der Waals surface area contributed by atoms with E-state index in [-0.39, 0.29) is 10.8 Å². The van der Waals surface area contributed by atoms with E-state index in [1.54, 1.807) is 22.6 Å². The minimum atomic E-state index is -3.81. The van der Waals surface area contributed by atoms with Crippen molar-refractivity contribution in [2.45, 2.75) is 5.03 Å². The summed E-state index contributed by atoms with van der Waals surface area (Å²) in [5.41, 5.74) is 0. The van der Waals surface area contributed by atoms with Crippen molar-refractivity contribution in [1.29, 1.82) is 0 Å². The zero-order valence-corrected chi connectivity index (χ0v) is 9.26. The van der Waals surface area contributed by atoms with Gasteiger partial charge in [-0.2, -0.15) is 0 Å². The van der Waals surface area contributed by atoms with E-state index in [0.717, 1.165) is 6.20 Å². The first kappa shape index (κ1) is 10.0.